The summed E-state index contributed by atoms with van der Waals surface area (Å²) in [6, 6.07) is 6.27. The highest BCUT2D eigenvalue weighted by atomic mass is 19.4. The van der Waals surface area contributed by atoms with Crippen LogP contribution >= 0.6 is 0 Å². The van der Waals surface area contributed by atoms with Crippen molar-refractivity contribution < 1.29 is 38.1 Å². The van der Waals surface area contributed by atoms with Crippen LogP contribution in [0.3, 0.4) is 0 Å². The van der Waals surface area contributed by atoms with E-state index in [0.29, 0.717) is 0 Å². The van der Waals surface area contributed by atoms with E-state index in [-0.39, 0.29) is 5.75 Å². The summed E-state index contributed by atoms with van der Waals surface area (Å²) >= 11 is 0. The number of aromatic hydroxyl groups is 1. The third-order valence-electron chi connectivity index (χ3n) is 1.55. The lowest BCUT2D eigenvalue weighted by Crippen LogP contribution is -2.21. The maximum absolute atomic E-state index is 10.6. The Morgan fingerprint density at radius 3 is 1.79 bits per heavy atom. The Labute approximate surface area is 105 Å². The van der Waals surface area contributed by atoms with Gasteiger partial charge in [-0.3, -0.25) is 0 Å². The van der Waals surface area contributed by atoms with E-state index < -0.39 is 18.1 Å². The molecule has 0 amide bonds. The average Bonchev–Trinajstić information content (AvgIpc) is 2.27. The Bertz CT molecular complexity index is 462. The number of rotatable bonds is 2. The van der Waals surface area contributed by atoms with Crippen molar-refractivity contribution in [2.45, 2.75) is 6.18 Å². The zero-order chi connectivity index (χ0) is 15.1. The summed E-state index contributed by atoms with van der Waals surface area (Å²) in [7, 11) is 0. The number of halogens is 3. The number of hydrogen-bond acceptors (Lipinski definition) is 3. The van der Waals surface area contributed by atoms with Crippen LogP contribution in [-0.2, 0) is 9.59 Å². The van der Waals surface area contributed by atoms with Crippen molar-refractivity contribution in [1.29, 1.82) is 0 Å². The van der Waals surface area contributed by atoms with Crippen LogP contribution in [0.1, 0.15) is 5.56 Å². The molecule has 0 saturated carbocycles. The molecule has 0 radical (unpaired) electrons. The number of carbonyl (C=O) groups is 2. The maximum Gasteiger partial charge on any atom is 0.490 e. The molecule has 1 aromatic carbocycles. The van der Waals surface area contributed by atoms with E-state index in [1.165, 1.54) is 18.2 Å². The van der Waals surface area contributed by atoms with Crippen LogP contribution in [0.2, 0.25) is 0 Å². The minimum absolute atomic E-state index is 0.169. The fourth-order valence-corrected chi connectivity index (χ4v) is 0.753. The lowest BCUT2D eigenvalue weighted by atomic mass is 10.2. The van der Waals surface area contributed by atoms with Crippen molar-refractivity contribution in [2.24, 2.45) is 0 Å². The third kappa shape index (κ3) is 8.25. The molecule has 0 spiro atoms. The molecule has 8 heteroatoms. The molecule has 5 nitrogen and oxygen atoms in total. The van der Waals surface area contributed by atoms with Crippen LogP contribution in [0, 0.1) is 0 Å². The van der Waals surface area contributed by atoms with Crippen molar-refractivity contribution >= 4 is 18.0 Å². The molecule has 0 unspecified atom stereocenters. The summed E-state index contributed by atoms with van der Waals surface area (Å²) in [6.45, 7) is 0. The lowest BCUT2D eigenvalue weighted by Gasteiger charge is -1.93. The fourth-order valence-electron chi connectivity index (χ4n) is 0.753. The van der Waals surface area contributed by atoms with Gasteiger partial charge in [0.15, 0.2) is 0 Å². The Morgan fingerprint density at radius 1 is 1.05 bits per heavy atom. The van der Waals surface area contributed by atoms with Gasteiger partial charge in [0.2, 0.25) is 0 Å². The first kappa shape index (κ1) is 16.5. The largest absolute Gasteiger partial charge is 0.508 e. The second-order valence-electron chi connectivity index (χ2n) is 3.07. The van der Waals surface area contributed by atoms with E-state index in [2.05, 4.69) is 0 Å². The monoisotopic (exact) mass is 278 g/mol. The molecule has 1 aromatic rings. The predicted octanol–water partition coefficient (Wildman–Crippen LogP) is 2.12. The molecule has 0 aliphatic rings. The van der Waals surface area contributed by atoms with Gasteiger partial charge in [-0.25, -0.2) is 9.59 Å². The average molecular weight is 278 g/mol. The van der Waals surface area contributed by atoms with Gasteiger partial charge >= 0.3 is 18.1 Å². The summed E-state index contributed by atoms with van der Waals surface area (Å²) < 4.78 is 31.7. The number of aliphatic carboxylic acids is 2. The van der Waals surface area contributed by atoms with Gasteiger partial charge in [-0.2, -0.15) is 13.2 Å². The first-order valence-electron chi connectivity index (χ1n) is 4.63. The van der Waals surface area contributed by atoms with E-state index in [9.17, 15) is 18.0 Å². The molecule has 0 saturated heterocycles. The zero-order valence-electron chi connectivity index (χ0n) is 9.26. The van der Waals surface area contributed by atoms with Gasteiger partial charge < -0.3 is 15.3 Å². The molecule has 19 heavy (non-hydrogen) atoms. The molecule has 0 heterocycles. The number of phenolic OH excluding ortho intramolecular Hbond substituents is 1. The van der Waals surface area contributed by atoms with Gasteiger partial charge in [0.25, 0.3) is 0 Å². The molecule has 3 N–H and O–H groups in total. The molecule has 0 aromatic heterocycles. The summed E-state index contributed by atoms with van der Waals surface area (Å²) in [6.07, 6.45) is -2.58. The Hall–Kier alpha value is -2.51. The highest BCUT2D eigenvalue weighted by Crippen LogP contribution is 2.13. The molecule has 104 valence electrons. The fraction of sp³-hybridized carbons (Fsp3) is 0.0909. The molecule has 0 aliphatic carbocycles. The third-order valence-corrected chi connectivity index (χ3v) is 1.55. The number of carboxylic acids is 2. The van der Waals surface area contributed by atoms with Crippen molar-refractivity contribution in [1.82, 2.24) is 0 Å². The van der Waals surface area contributed by atoms with Crippen molar-refractivity contribution in [3.05, 3.63) is 35.9 Å². The second kappa shape index (κ2) is 7.04. The quantitative estimate of drug-likeness (QED) is 0.720. The number of hydrogen-bond donors (Lipinski definition) is 3. The van der Waals surface area contributed by atoms with Gasteiger partial charge in [-0.15, -0.1) is 0 Å². The summed E-state index contributed by atoms with van der Waals surface area (Å²) in [5.74, 6) is -3.57. The molecule has 0 fully saturated rings. The first-order valence-corrected chi connectivity index (χ1v) is 4.63. The highest BCUT2D eigenvalue weighted by molar-refractivity contribution is 5.85. The topological polar surface area (TPSA) is 94.8 Å². The normalized spacial score (nSPS) is 10.7. The number of alkyl halides is 3. The first-order chi connectivity index (χ1) is 8.62. The van der Waals surface area contributed by atoms with E-state index in [4.69, 9.17) is 20.1 Å². The molecular formula is C11H9F3O5. The van der Waals surface area contributed by atoms with Gasteiger partial charge in [0.1, 0.15) is 5.75 Å². The molecule has 0 aliphatic heterocycles. The Morgan fingerprint density at radius 2 is 1.47 bits per heavy atom. The van der Waals surface area contributed by atoms with Gasteiger partial charge in [0.05, 0.1) is 0 Å². The predicted molar refractivity (Wildman–Crippen MR) is 58.5 cm³/mol. The molecule has 0 atom stereocenters. The SMILES string of the molecule is O=C(O)/C=C/c1ccc(O)cc1.O=C(O)C(F)(F)F. The van der Waals surface area contributed by atoms with Crippen LogP contribution in [0.4, 0.5) is 13.2 Å². The maximum atomic E-state index is 10.6. The molecule has 1 rings (SSSR count). The van der Waals surface area contributed by atoms with Crippen LogP contribution < -0.4 is 0 Å². The van der Waals surface area contributed by atoms with Crippen molar-refractivity contribution in [3.8, 4) is 5.75 Å². The Kier molecular flexibility index (Phi) is 6.11. The van der Waals surface area contributed by atoms with Crippen molar-refractivity contribution in [3.63, 3.8) is 0 Å². The summed E-state index contributed by atoms with van der Waals surface area (Å²) in [4.78, 5) is 19.0. The van der Waals surface area contributed by atoms with E-state index >= 15 is 0 Å². The molecule has 0 bridgehead atoms. The molecular weight excluding hydrogens is 269 g/mol. The minimum atomic E-state index is -5.08. The Balaban J connectivity index is 0.000000399. The highest BCUT2D eigenvalue weighted by Gasteiger charge is 2.38. The lowest BCUT2D eigenvalue weighted by molar-refractivity contribution is -0.192. The van der Waals surface area contributed by atoms with E-state index in [0.717, 1.165) is 11.6 Å². The summed E-state index contributed by atoms with van der Waals surface area (Å²) in [5.41, 5.74) is 0.746. The van der Waals surface area contributed by atoms with Gasteiger partial charge in [-0.05, 0) is 23.8 Å². The van der Waals surface area contributed by atoms with Crippen LogP contribution in [0.15, 0.2) is 30.3 Å². The standard InChI is InChI=1S/C9H8O3.C2HF3O2/c10-8-4-1-7(2-5-8)3-6-9(11)12;3-2(4,5)1(6)7/h1-6,10H,(H,11,12);(H,6,7)/b6-3+;. The zero-order valence-corrected chi connectivity index (χ0v) is 9.26. The van der Waals surface area contributed by atoms with Crippen LogP contribution in [0.25, 0.3) is 6.08 Å². The van der Waals surface area contributed by atoms with E-state index in [1.807, 2.05) is 0 Å². The van der Waals surface area contributed by atoms with Gasteiger partial charge in [-0.1, -0.05) is 12.1 Å². The second-order valence-corrected chi connectivity index (χ2v) is 3.07. The minimum Gasteiger partial charge on any atom is -0.508 e. The van der Waals surface area contributed by atoms with Crippen LogP contribution in [0.5, 0.6) is 5.75 Å². The van der Waals surface area contributed by atoms with Crippen LogP contribution in [-0.4, -0.2) is 33.4 Å². The number of benzene rings is 1. The van der Waals surface area contributed by atoms with Crippen molar-refractivity contribution in [2.75, 3.05) is 0 Å². The smallest absolute Gasteiger partial charge is 0.490 e. The van der Waals surface area contributed by atoms with E-state index in [1.54, 1.807) is 12.1 Å². The number of phenols is 1. The summed E-state index contributed by atoms with van der Waals surface area (Å²) in [5, 5.41) is 24.3. The van der Waals surface area contributed by atoms with Gasteiger partial charge in [0, 0.05) is 6.08 Å². The number of carboxylic acid groups (broad SMARTS) is 2.